The second kappa shape index (κ2) is 6.47. The average Bonchev–Trinajstić information content (AvgIpc) is 2.49. The predicted octanol–water partition coefficient (Wildman–Crippen LogP) is 3.98. The number of alkyl halides is 3. The van der Waals surface area contributed by atoms with E-state index >= 15 is 0 Å². The molecule has 0 fully saturated rings. The van der Waals surface area contributed by atoms with Crippen LogP contribution in [-0.2, 0) is 6.18 Å². The van der Waals surface area contributed by atoms with Gasteiger partial charge in [0.15, 0.2) is 12.5 Å². The van der Waals surface area contributed by atoms with E-state index in [0.717, 1.165) is 12.1 Å². The molecular weight excluding hydrogens is 335 g/mol. The zero-order valence-electron chi connectivity index (χ0n) is 11.4. The molecule has 23 heavy (non-hydrogen) atoms. The number of carbonyl (C=O) groups excluding carboxylic acids is 1. The van der Waals surface area contributed by atoms with E-state index in [2.05, 4.69) is 5.32 Å². The normalized spacial score (nSPS) is 12.7. The van der Waals surface area contributed by atoms with Gasteiger partial charge in [0.05, 0.1) is 16.1 Å². The number of rotatable bonds is 4. The number of benzene rings is 2. The number of nitrogens with one attached hydrogen (secondary N) is 1. The molecule has 0 radical (unpaired) electrons. The van der Waals surface area contributed by atoms with Crippen LogP contribution in [0, 0.1) is 0 Å². The summed E-state index contributed by atoms with van der Waals surface area (Å²) in [5.74, 6) is -0.434. The van der Waals surface area contributed by atoms with Crippen LogP contribution >= 0.6 is 11.6 Å². The molecule has 8 heteroatoms. The van der Waals surface area contributed by atoms with Gasteiger partial charge in [0.25, 0.3) is 0 Å². The van der Waals surface area contributed by atoms with Crippen molar-refractivity contribution in [2.75, 3.05) is 5.32 Å². The first-order valence-corrected chi connectivity index (χ1v) is 6.69. The highest BCUT2D eigenvalue weighted by Gasteiger charge is 2.30. The standard InChI is InChI=1S/C15H11ClF3NO3/c16-12-5-8(4-9(7-21)13(12)22)14(23)20-11-3-1-2-10(6-11)15(17,18)19/h1-7,14,20,22-23H. The Labute approximate surface area is 134 Å². The fourth-order valence-corrected chi connectivity index (χ4v) is 2.15. The maximum atomic E-state index is 12.6. The number of aromatic hydroxyl groups is 1. The molecule has 2 aromatic carbocycles. The summed E-state index contributed by atoms with van der Waals surface area (Å²) in [6.45, 7) is 0. The van der Waals surface area contributed by atoms with Gasteiger partial charge in [-0.1, -0.05) is 17.7 Å². The number of carbonyl (C=O) groups is 1. The predicted molar refractivity (Wildman–Crippen MR) is 78.5 cm³/mol. The van der Waals surface area contributed by atoms with Gasteiger partial charge in [-0.25, -0.2) is 0 Å². The zero-order chi connectivity index (χ0) is 17.2. The number of phenols is 1. The summed E-state index contributed by atoms with van der Waals surface area (Å²) in [5, 5.41) is 21.9. The molecule has 0 amide bonds. The van der Waals surface area contributed by atoms with Crippen LogP contribution in [0.5, 0.6) is 5.75 Å². The van der Waals surface area contributed by atoms with Crippen molar-refractivity contribution >= 4 is 23.6 Å². The first kappa shape index (κ1) is 17.1. The molecular formula is C15H11ClF3NO3. The number of halogens is 4. The van der Waals surface area contributed by atoms with E-state index in [0.29, 0.717) is 6.29 Å². The minimum absolute atomic E-state index is 0.0316. The largest absolute Gasteiger partial charge is 0.506 e. The molecule has 0 aliphatic heterocycles. The summed E-state index contributed by atoms with van der Waals surface area (Å²) >= 11 is 5.73. The SMILES string of the molecule is O=Cc1cc(C(O)Nc2cccc(C(F)(F)F)c2)cc(Cl)c1O. The molecule has 1 unspecified atom stereocenters. The van der Waals surface area contributed by atoms with E-state index in [9.17, 15) is 28.2 Å². The lowest BCUT2D eigenvalue weighted by Crippen LogP contribution is -2.11. The lowest BCUT2D eigenvalue weighted by Gasteiger charge is -2.17. The number of hydrogen-bond acceptors (Lipinski definition) is 4. The summed E-state index contributed by atoms with van der Waals surface area (Å²) in [6.07, 6.45) is -5.58. The third-order valence-electron chi connectivity index (χ3n) is 3.05. The van der Waals surface area contributed by atoms with Crippen molar-refractivity contribution in [2.24, 2.45) is 0 Å². The molecule has 0 bridgehead atoms. The Morgan fingerprint density at radius 3 is 2.52 bits per heavy atom. The summed E-state index contributed by atoms with van der Waals surface area (Å²) in [5.41, 5.74) is -0.860. The van der Waals surface area contributed by atoms with Crippen molar-refractivity contribution < 1.29 is 28.2 Å². The zero-order valence-corrected chi connectivity index (χ0v) is 12.2. The topological polar surface area (TPSA) is 69.6 Å². The van der Waals surface area contributed by atoms with E-state index < -0.39 is 23.7 Å². The van der Waals surface area contributed by atoms with Gasteiger partial charge in [0.2, 0.25) is 0 Å². The molecule has 2 aromatic rings. The van der Waals surface area contributed by atoms with Crippen LogP contribution in [0.2, 0.25) is 5.02 Å². The van der Waals surface area contributed by atoms with Crippen LogP contribution in [-0.4, -0.2) is 16.5 Å². The molecule has 122 valence electrons. The van der Waals surface area contributed by atoms with Gasteiger partial charge >= 0.3 is 6.18 Å². The second-order valence-electron chi connectivity index (χ2n) is 4.68. The Morgan fingerprint density at radius 2 is 1.91 bits per heavy atom. The molecule has 0 spiro atoms. The highest BCUT2D eigenvalue weighted by molar-refractivity contribution is 6.32. The van der Waals surface area contributed by atoms with Crippen molar-refractivity contribution in [2.45, 2.75) is 12.4 Å². The Morgan fingerprint density at radius 1 is 1.22 bits per heavy atom. The third kappa shape index (κ3) is 3.94. The third-order valence-corrected chi connectivity index (χ3v) is 3.34. The molecule has 4 nitrogen and oxygen atoms in total. The molecule has 3 N–H and O–H groups in total. The quantitative estimate of drug-likeness (QED) is 0.579. The minimum atomic E-state index is -4.50. The first-order valence-electron chi connectivity index (χ1n) is 6.32. The van der Waals surface area contributed by atoms with Gasteiger partial charge in [0.1, 0.15) is 5.75 Å². The van der Waals surface area contributed by atoms with E-state index in [4.69, 9.17) is 11.6 Å². The molecule has 0 saturated heterocycles. The van der Waals surface area contributed by atoms with Gasteiger partial charge < -0.3 is 15.5 Å². The minimum Gasteiger partial charge on any atom is -0.506 e. The molecule has 1 atom stereocenters. The smallest absolute Gasteiger partial charge is 0.416 e. The lowest BCUT2D eigenvalue weighted by atomic mass is 10.1. The number of phenolic OH excluding ortho intramolecular Hbond substituents is 1. The Hall–Kier alpha value is -2.25. The summed E-state index contributed by atoms with van der Waals surface area (Å²) in [7, 11) is 0. The summed E-state index contributed by atoms with van der Waals surface area (Å²) in [4.78, 5) is 10.8. The van der Waals surface area contributed by atoms with Gasteiger partial charge in [-0.2, -0.15) is 13.2 Å². The Bertz CT molecular complexity index is 734. The fraction of sp³-hybridized carbons (Fsp3) is 0.133. The highest BCUT2D eigenvalue weighted by Crippen LogP contribution is 2.33. The van der Waals surface area contributed by atoms with Crippen molar-refractivity contribution in [1.82, 2.24) is 0 Å². The van der Waals surface area contributed by atoms with Crippen LogP contribution in [0.1, 0.15) is 27.7 Å². The van der Waals surface area contributed by atoms with Gasteiger partial charge in [-0.15, -0.1) is 0 Å². The van der Waals surface area contributed by atoms with Crippen molar-refractivity contribution in [1.29, 1.82) is 0 Å². The van der Waals surface area contributed by atoms with E-state index in [1.54, 1.807) is 0 Å². The van der Waals surface area contributed by atoms with Gasteiger partial charge in [-0.05, 0) is 30.3 Å². The molecule has 0 aromatic heterocycles. The van der Waals surface area contributed by atoms with Crippen molar-refractivity contribution in [3.05, 3.63) is 58.1 Å². The van der Waals surface area contributed by atoms with Crippen LogP contribution < -0.4 is 5.32 Å². The Kier molecular flexibility index (Phi) is 4.82. The fourth-order valence-electron chi connectivity index (χ4n) is 1.92. The van der Waals surface area contributed by atoms with Crippen molar-refractivity contribution in [3.63, 3.8) is 0 Å². The molecule has 0 heterocycles. The van der Waals surface area contributed by atoms with E-state index in [1.165, 1.54) is 24.3 Å². The highest BCUT2D eigenvalue weighted by atomic mass is 35.5. The number of anilines is 1. The lowest BCUT2D eigenvalue weighted by molar-refractivity contribution is -0.137. The summed E-state index contributed by atoms with van der Waals surface area (Å²) < 4.78 is 37.9. The maximum Gasteiger partial charge on any atom is 0.416 e. The van der Waals surface area contributed by atoms with Gasteiger partial charge in [-0.3, -0.25) is 4.79 Å². The number of aliphatic hydroxyl groups is 1. The van der Waals surface area contributed by atoms with Crippen LogP contribution in [0.25, 0.3) is 0 Å². The molecule has 2 rings (SSSR count). The average molecular weight is 346 g/mol. The Balaban J connectivity index is 2.28. The second-order valence-corrected chi connectivity index (χ2v) is 5.09. The monoisotopic (exact) mass is 345 g/mol. The van der Waals surface area contributed by atoms with Crippen LogP contribution in [0.3, 0.4) is 0 Å². The van der Waals surface area contributed by atoms with E-state index in [-0.39, 0.29) is 21.8 Å². The first-order chi connectivity index (χ1) is 10.7. The van der Waals surface area contributed by atoms with Crippen molar-refractivity contribution in [3.8, 4) is 5.75 Å². The summed E-state index contributed by atoms with van der Waals surface area (Å²) in [6, 6.07) is 6.67. The number of aldehydes is 1. The van der Waals surface area contributed by atoms with Crippen LogP contribution in [0.4, 0.5) is 18.9 Å². The van der Waals surface area contributed by atoms with E-state index in [1.807, 2.05) is 0 Å². The molecule has 0 aliphatic carbocycles. The van der Waals surface area contributed by atoms with Gasteiger partial charge in [0, 0.05) is 11.3 Å². The van der Waals surface area contributed by atoms with Crippen LogP contribution in [0.15, 0.2) is 36.4 Å². The number of hydrogen-bond donors (Lipinski definition) is 3. The molecule has 0 saturated carbocycles. The maximum absolute atomic E-state index is 12.6. The number of aliphatic hydroxyl groups excluding tert-OH is 1. The molecule has 0 aliphatic rings.